The van der Waals surface area contributed by atoms with Gasteiger partial charge in [-0.3, -0.25) is 5.41 Å². The molecule has 1 aliphatic rings. The number of benzene rings is 1. The Hall–Kier alpha value is -3.96. The van der Waals surface area contributed by atoms with Crippen LogP contribution in [0.1, 0.15) is 28.8 Å². The molecule has 0 amide bonds. The van der Waals surface area contributed by atoms with Gasteiger partial charge in [0.25, 0.3) is 0 Å². The Morgan fingerprint density at radius 3 is 2.43 bits per heavy atom. The van der Waals surface area contributed by atoms with Gasteiger partial charge in [0.2, 0.25) is 5.95 Å². The molecule has 0 spiro atoms. The van der Waals surface area contributed by atoms with Crippen LogP contribution in [0.3, 0.4) is 0 Å². The molecule has 4 heterocycles. The van der Waals surface area contributed by atoms with E-state index < -0.39 is 5.60 Å². The monoisotopic (exact) mass is 518 g/mol. The van der Waals surface area contributed by atoms with Crippen molar-refractivity contribution in [3.63, 3.8) is 0 Å². The molecule has 0 saturated carbocycles. The Morgan fingerprint density at radius 1 is 1.11 bits per heavy atom. The van der Waals surface area contributed by atoms with E-state index in [2.05, 4.69) is 34.7 Å². The van der Waals surface area contributed by atoms with Crippen LogP contribution in [0.2, 0.25) is 0 Å². The molecule has 4 aromatic rings. The summed E-state index contributed by atoms with van der Waals surface area (Å²) >= 11 is 1.63. The number of halogens is 1. The number of piperazine rings is 1. The van der Waals surface area contributed by atoms with Crippen molar-refractivity contribution in [2.75, 3.05) is 31.1 Å². The number of thiazole rings is 1. The largest absolute Gasteiger partial charge is 0.381 e. The first kappa shape index (κ1) is 24.7. The molecule has 0 bridgehead atoms. The highest BCUT2D eigenvalue weighted by Crippen LogP contribution is 2.29. The van der Waals surface area contributed by atoms with Crippen molar-refractivity contribution in [1.29, 1.82) is 5.41 Å². The molecule has 3 aromatic heterocycles. The Bertz CT molecular complexity index is 1400. The van der Waals surface area contributed by atoms with Crippen LogP contribution < -0.4 is 4.90 Å². The summed E-state index contributed by atoms with van der Waals surface area (Å²) in [6.07, 6.45) is 8.09. The van der Waals surface area contributed by atoms with E-state index in [1.165, 1.54) is 12.1 Å². The molecule has 1 saturated heterocycles. The van der Waals surface area contributed by atoms with Gasteiger partial charge in [-0.2, -0.15) is 0 Å². The first-order chi connectivity index (χ1) is 17.8. The maximum absolute atomic E-state index is 13.3. The molecule has 0 unspecified atom stereocenters. The SMILES string of the molecule is Cc1ncc(-c2c[nH]c(C(=NC=N)N3CCN(c4ncc([C@@](C)(O)c5ccc(F)cc5)cn4)CC3)c2)s1. The summed E-state index contributed by atoms with van der Waals surface area (Å²) in [5.74, 6) is 0.936. The summed E-state index contributed by atoms with van der Waals surface area (Å²) in [6, 6.07) is 7.80. The van der Waals surface area contributed by atoms with Crippen LogP contribution in [0.25, 0.3) is 10.4 Å². The zero-order valence-electron chi connectivity index (χ0n) is 20.5. The van der Waals surface area contributed by atoms with Crippen molar-refractivity contribution in [1.82, 2.24) is 24.8 Å². The number of H-pyrrole nitrogens is 1. The lowest BCUT2D eigenvalue weighted by Gasteiger charge is -2.36. The first-order valence-electron chi connectivity index (χ1n) is 11.8. The molecule has 0 radical (unpaired) electrons. The summed E-state index contributed by atoms with van der Waals surface area (Å²) in [7, 11) is 0. The molecule has 37 heavy (non-hydrogen) atoms. The van der Waals surface area contributed by atoms with Gasteiger partial charge in [0.1, 0.15) is 17.8 Å². The fourth-order valence-electron chi connectivity index (χ4n) is 4.34. The van der Waals surface area contributed by atoms with Crippen molar-refractivity contribution in [2.24, 2.45) is 4.99 Å². The second-order valence-corrected chi connectivity index (χ2v) is 10.2. The van der Waals surface area contributed by atoms with Crippen molar-refractivity contribution in [3.8, 4) is 10.4 Å². The fraction of sp³-hybridized carbons (Fsp3) is 0.269. The number of rotatable bonds is 6. The van der Waals surface area contributed by atoms with E-state index in [4.69, 9.17) is 5.41 Å². The van der Waals surface area contributed by atoms with E-state index in [0.717, 1.165) is 27.5 Å². The van der Waals surface area contributed by atoms with Crippen LogP contribution in [0, 0.1) is 18.2 Å². The third kappa shape index (κ3) is 5.13. The summed E-state index contributed by atoms with van der Waals surface area (Å²) < 4.78 is 13.3. The van der Waals surface area contributed by atoms with E-state index in [-0.39, 0.29) is 5.82 Å². The minimum absolute atomic E-state index is 0.356. The molecule has 1 fully saturated rings. The second kappa shape index (κ2) is 10.2. The number of aliphatic imine (C=N–C) groups is 1. The maximum atomic E-state index is 13.3. The van der Waals surface area contributed by atoms with Gasteiger partial charge in [0, 0.05) is 62.1 Å². The molecule has 190 valence electrons. The van der Waals surface area contributed by atoms with Crippen LogP contribution in [0.5, 0.6) is 0 Å². The van der Waals surface area contributed by atoms with Gasteiger partial charge in [-0.15, -0.1) is 11.3 Å². The molecule has 9 nitrogen and oxygen atoms in total. The first-order valence-corrected chi connectivity index (χ1v) is 12.7. The van der Waals surface area contributed by atoms with Crippen molar-refractivity contribution >= 4 is 29.5 Å². The number of aromatic nitrogens is 4. The average Bonchev–Trinajstić information content (AvgIpc) is 3.57. The Morgan fingerprint density at radius 2 is 1.81 bits per heavy atom. The normalized spacial score (nSPS) is 16.1. The number of nitrogens with one attached hydrogen (secondary N) is 2. The summed E-state index contributed by atoms with van der Waals surface area (Å²) in [5.41, 5.74) is 1.65. The lowest BCUT2D eigenvalue weighted by atomic mass is 9.90. The molecule has 5 rings (SSSR count). The number of amidine groups is 1. The zero-order valence-corrected chi connectivity index (χ0v) is 21.3. The minimum atomic E-state index is -1.34. The average molecular weight is 519 g/mol. The molecule has 11 heteroatoms. The van der Waals surface area contributed by atoms with Gasteiger partial charge in [0.15, 0.2) is 5.84 Å². The Labute approximate surface area is 217 Å². The highest BCUT2D eigenvalue weighted by molar-refractivity contribution is 7.15. The quantitative estimate of drug-likeness (QED) is 0.264. The van der Waals surface area contributed by atoms with Crippen molar-refractivity contribution < 1.29 is 9.50 Å². The number of anilines is 1. The molecule has 1 aromatic carbocycles. The maximum Gasteiger partial charge on any atom is 0.225 e. The number of aryl methyl sites for hydroxylation is 1. The highest BCUT2D eigenvalue weighted by atomic mass is 32.1. The number of nitrogens with zero attached hydrogens (tertiary/aromatic N) is 6. The topological polar surface area (TPSA) is 117 Å². The Kier molecular flexibility index (Phi) is 6.81. The lowest BCUT2D eigenvalue weighted by molar-refractivity contribution is 0.101. The number of hydrogen-bond donors (Lipinski definition) is 3. The van der Waals surface area contributed by atoms with Crippen molar-refractivity contribution in [2.45, 2.75) is 19.4 Å². The van der Waals surface area contributed by atoms with Gasteiger partial charge < -0.3 is 19.9 Å². The van der Waals surface area contributed by atoms with Crippen LogP contribution in [-0.2, 0) is 5.60 Å². The standard InChI is InChI=1S/C26H27FN8OS/c1-17-29-15-23(37-17)18-11-22(30-12-18)24(33-16-28)34-7-9-35(10-8-34)25-31-13-20(14-32-25)26(2,36)19-3-5-21(27)6-4-19/h3-6,11-16,28,30,36H,7-10H2,1-2H3/t26-/m0/s1. The van der Waals surface area contributed by atoms with Gasteiger partial charge >= 0.3 is 0 Å². The minimum Gasteiger partial charge on any atom is -0.381 e. The van der Waals surface area contributed by atoms with Gasteiger partial charge in [0.05, 0.1) is 15.6 Å². The van der Waals surface area contributed by atoms with Crippen LogP contribution in [0.4, 0.5) is 10.3 Å². The number of aliphatic hydroxyl groups is 1. The van der Waals surface area contributed by atoms with Crippen molar-refractivity contribution in [3.05, 3.63) is 82.8 Å². The van der Waals surface area contributed by atoms with E-state index >= 15 is 0 Å². The smallest absolute Gasteiger partial charge is 0.225 e. The number of aromatic amines is 1. The summed E-state index contributed by atoms with van der Waals surface area (Å²) in [6.45, 7) is 6.33. The molecular weight excluding hydrogens is 491 g/mol. The van der Waals surface area contributed by atoms with E-state index in [1.54, 1.807) is 42.8 Å². The summed E-state index contributed by atoms with van der Waals surface area (Å²) in [5, 5.41) is 19.6. The number of hydrogen-bond acceptors (Lipinski definition) is 7. The lowest BCUT2D eigenvalue weighted by Crippen LogP contribution is -2.49. The molecule has 3 N–H and O–H groups in total. The summed E-state index contributed by atoms with van der Waals surface area (Å²) in [4.78, 5) is 26.3. The fourth-order valence-corrected chi connectivity index (χ4v) is 5.10. The second-order valence-electron chi connectivity index (χ2n) is 8.95. The third-order valence-corrected chi connectivity index (χ3v) is 7.45. The van der Waals surface area contributed by atoms with Crippen LogP contribution in [0.15, 0.2) is 60.1 Å². The van der Waals surface area contributed by atoms with Gasteiger partial charge in [-0.1, -0.05) is 12.1 Å². The molecule has 1 aliphatic heterocycles. The van der Waals surface area contributed by atoms with Crippen LogP contribution >= 0.6 is 11.3 Å². The predicted octanol–water partition coefficient (Wildman–Crippen LogP) is 3.81. The van der Waals surface area contributed by atoms with E-state index in [1.807, 2.05) is 25.4 Å². The van der Waals surface area contributed by atoms with Gasteiger partial charge in [-0.05, 0) is 37.6 Å². The predicted molar refractivity (Wildman–Crippen MR) is 143 cm³/mol. The van der Waals surface area contributed by atoms with Gasteiger partial charge in [-0.25, -0.2) is 24.3 Å². The van der Waals surface area contributed by atoms with E-state index in [9.17, 15) is 9.50 Å². The molecule has 0 aliphatic carbocycles. The third-order valence-electron chi connectivity index (χ3n) is 6.49. The Balaban J connectivity index is 1.26. The molecular formula is C26H27FN8OS. The van der Waals surface area contributed by atoms with Crippen LogP contribution in [-0.4, -0.2) is 68.3 Å². The zero-order chi connectivity index (χ0) is 26.0. The highest BCUT2D eigenvalue weighted by Gasteiger charge is 2.28. The van der Waals surface area contributed by atoms with E-state index in [0.29, 0.717) is 49.1 Å². The molecule has 1 atom stereocenters.